The van der Waals surface area contributed by atoms with Crippen LogP contribution in [0.2, 0.25) is 0 Å². The van der Waals surface area contributed by atoms with E-state index in [1.165, 1.54) is 12.3 Å². The van der Waals surface area contributed by atoms with Crippen LogP contribution in [0, 0.1) is 6.92 Å². The summed E-state index contributed by atoms with van der Waals surface area (Å²) in [6, 6.07) is 14.5. The van der Waals surface area contributed by atoms with Crippen molar-refractivity contribution >= 4 is 17.7 Å². The zero-order valence-corrected chi connectivity index (χ0v) is 16.5. The maximum Gasteiger partial charge on any atom is 0.248 e. The van der Waals surface area contributed by atoms with Gasteiger partial charge in [0.25, 0.3) is 0 Å². The van der Waals surface area contributed by atoms with Crippen LogP contribution in [0.5, 0.6) is 28.9 Å². The first-order valence-electron chi connectivity index (χ1n) is 9.28. The predicted molar refractivity (Wildman–Crippen MR) is 112 cm³/mol. The van der Waals surface area contributed by atoms with Gasteiger partial charge in [0.2, 0.25) is 18.6 Å². The molecule has 0 atom stereocenters. The van der Waals surface area contributed by atoms with Gasteiger partial charge in [0.15, 0.2) is 23.0 Å². The molecule has 0 unspecified atom stereocenters. The summed E-state index contributed by atoms with van der Waals surface area (Å²) in [7, 11) is 1.59. The molecular formula is C23H20N2O5. The third-order valence-electron chi connectivity index (χ3n) is 4.36. The fraction of sp³-hybridized carbons (Fsp3) is 0.130. The van der Waals surface area contributed by atoms with Gasteiger partial charge in [0.1, 0.15) is 0 Å². The van der Waals surface area contributed by atoms with Crippen molar-refractivity contribution in [2.24, 2.45) is 0 Å². The first kappa shape index (κ1) is 19.3. The maximum atomic E-state index is 12.2. The summed E-state index contributed by atoms with van der Waals surface area (Å²) in [6.07, 6.45) is 4.67. The number of nitrogens with zero attached hydrogens (tertiary/aromatic N) is 1. The summed E-state index contributed by atoms with van der Waals surface area (Å²) in [6.45, 7) is 2.19. The van der Waals surface area contributed by atoms with Crippen molar-refractivity contribution in [2.45, 2.75) is 6.92 Å². The van der Waals surface area contributed by atoms with Gasteiger partial charge in [-0.3, -0.25) is 4.79 Å². The normalized spacial score (nSPS) is 12.1. The SMILES string of the molecule is COc1cc(C)ccc1Oc1ccc(NC(=O)/C=C/c2ccc3c(c2)OCO3)cn1. The first-order valence-corrected chi connectivity index (χ1v) is 9.28. The molecule has 0 radical (unpaired) electrons. The van der Waals surface area contributed by atoms with Gasteiger partial charge in [-0.2, -0.15) is 0 Å². The Morgan fingerprint density at radius 2 is 1.93 bits per heavy atom. The largest absolute Gasteiger partial charge is 0.493 e. The van der Waals surface area contributed by atoms with Crippen LogP contribution in [0.15, 0.2) is 60.8 Å². The van der Waals surface area contributed by atoms with E-state index in [0.717, 1.165) is 11.1 Å². The Hall–Kier alpha value is -4.00. The molecule has 0 fully saturated rings. The molecule has 4 rings (SSSR count). The molecule has 152 valence electrons. The van der Waals surface area contributed by atoms with Crippen LogP contribution < -0.4 is 24.3 Å². The summed E-state index contributed by atoms with van der Waals surface area (Å²) in [5.41, 5.74) is 2.46. The highest BCUT2D eigenvalue weighted by atomic mass is 16.7. The van der Waals surface area contributed by atoms with E-state index in [1.807, 2.05) is 43.3 Å². The van der Waals surface area contributed by atoms with Gasteiger partial charge in [-0.25, -0.2) is 4.98 Å². The molecule has 30 heavy (non-hydrogen) atoms. The highest BCUT2D eigenvalue weighted by Gasteiger charge is 2.12. The molecule has 0 spiro atoms. The average molecular weight is 404 g/mol. The van der Waals surface area contributed by atoms with E-state index >= 15 is 0 Å². The van der Waals surface area contributed by atoms with Crippen LogP contribution in [0.4, 0.5) is 5.69 Å². The summed E-state index contributed by atoms with van der Waals surface area (Å²) in [4.78, 5) is 16.4. The third-order valence-corrected chi connectivity index (χ3v) is 4.36. The fourth-order valence-corrected chi connectivity index (χ4v) is 2.86. The van der Waals surface area contributed by atoms with Crippen molar-refractivity contribution in [1.29, 1.82) is 0 Å². The molecule has 0 saturated carbocycles. The molecule has 1 aliphatic rings. The molecule has 2 aromatic carbocycles. The Labute approximate surface area is 173 Å². The number of aromatic nitrogens is 1. The molecule has 1 aromatic heterocycles. The predicted octanol–water partition coefficient (Wildman–Crippen LogP) is 4.57. The molecule has 7 heteroatoms. The Morgan fingerprint density at radius 1 is 1.07 bits per heavy atom. The molecule has 0 saturated heterocycles. The van der Waals surface area contributed by atoms with E-state index < -0.39 is 0 Å². The Bertz CT molecular complexity index is 1090. The minimum atomic E-state index is -0.275. The van der Waals surface area contributed by atoms with E-state index in [0.29, 0.717) is 34.6 Å². The fourth-order valence-electron chi connectivity index (χ4n) is 2.86. The van der Waals surface area contributed by atoms with Crippen LogP contribution >= 0.6 is 0 Å². The molecule has 2 heterocycles. The highest BCUT2D eigenvalue weighted by molar-refractivity contribution is 6.01. The van der Waals surface area contributed by atoms with Gasteiger partial charge < -0.3 is 24.3 Å². The number of hydrogen-bond donors (Lipinski definition) is 1. The van der Waals surface area contributed by atoms with E-state index in [4.69, 9.17) is 18.9 Å². The van der Waals surface area contributed by atoms with Crippen molar-refractivity contribution < 1.29 is 23.7 Å². The monoisotopic (exact) mass is 404 g/mol. The number of amides is 1. The highest BCUT2D eigenvalue weighted by Crippen LogP contribution is 2.33. The Morgan fingerprint density at radius 3 is 2.73 bits per heavy atom. The minimum absolute atomic E-state index is 0.215. The number of benzene rings is 2. The lowest BCUT2D eigenvalue weighted by Gasteiger charge is -2.10. The number of anilines is 1. The van der Waals surface area contributed by atoms with Gasteiger partial charge >= 0.3 is 0 Å². The molecule has 0 bridgehead atoms. The smallest absolute Gasteiger partial charge is 0.248 e. The quantitative estimate of drug-likeness (QED) is 0.606. The van der Waals surface area contributed by atoms with Crippen molar-refractivity contribution in [3.05, 3.63) is 71.9 Å². The number of nitrogens with one attached hydrogen (secondary N) is 1. The lowest BCUT2D eigenvalue weighted by atomic mass is 10.2. The summed E-state index contributed by atoms with van der Waals surface area (Å²) in [5, 5.41) is 2.76. The molecule has 0 aliphatic carbocycles. The standard InChI is InChI=1S/C23H20N2O5/c1-15-3-7-19(20(11-15)27-2)30-23-10-6-17(13-24-23)25-22(26)9-5-16-4-8-18-21(12-16)29-14-28-18/h3-13H,14H2,1-2H3,(H,25,26)/b9-5+. The van der Waals surface area contributed by atoms with Gasteiger partial charge in [0, 0.05) is 12.1 Å². The molecule has 7 nitrogen and oxygen atoms in total. The summed E-state index contributed by atoms with van der Waals surface area (Å²) < 4.78 is 21.7. The number of fused-ring (bicyclic) bond motifs is 1. The number of carbonyl (C=O) groups is 1. The lowest BCUT2D eigenvalue weighted by Crippen LogP contribution is -2.07. The van der Waals surface area contributed by atoms with Crippen LogP contribution in [0.3, 0.4) is 0 Å². The number of rotatable bonds is 6. The molecule has 1 N–H and O–H groups in total. The van der Waals surface area contributed by atoms with Crippen molar-refractivity contribution in [3.8, 4) is 28.9 Å². The molecular weight excluding hydrogens is 384 g/mol. The van der Waals surface area contributed by atoms with Crippen LogP contribution in [0.25, 0.3) is 6.08 Å². The van der Waals surface area contributed by atoms with E-state index in [9.17, 15) is 4.79 Å². The zero-order valence-electron chi connectivity index (χ0n) is 16.5. The summed E-state index contributed by atoms with van der Waals surface area (Å²) >= 11 is 0. The molecule has 3 aromatic rings. The van der Waals surface area contributed by atoms with Crippen LogP contribution in [-0.4, -0.2) is 24.8 Å². The maximum absolute atomic E-state index is 12.2. The number of hydrogen-bond acceptors (Lipinski definition) is 6. The number of aryl methyl sites for hydroxylation is 1. The van der Waals surface area contributed by atoms with Gasteiger partial charge in [-0.05, 0) is 54.5 Å². The molecule has 1 aliphatic heterocycles. The van der Waals surface area contributed by atoms with E-state index in [1.54, 1.807) is 25.3 Å². The van der Waals surface area contributed by atoms with E-state index in [2.05, 4.69) is 10.3 Å². The number of pyridine rings is 1. The van der Waals surface area contributed by atoms with Crippen molar-refractivity contribution in [3.63, 3.8) is 0 Å². The average Bonchev–Trinajstić information content (AvgIpc) is 3.23. The molecule has 1 amide bonds. The van der Waals surface area contributed by atoms with Gasteiger partial charge in [-0.15, -0.1) is 0 Å². The third kappa shape index (κ3) is 4.52. The Kier molecular flexibility index (Phi) is 5.52. The minimum Gasteiger partial charge on any atom is -0.493 e. The van der Waals surface area contributed by atoms with Crippen molar-refractivity contribution in [1.82, 2.24) is 4.98 Å². The Balaban J connectivity index is 1.37. The second-order valence-electron chi connectivity index (χ2n) is 6.58. The number of ether oxygens (including phenoxy) is 4. The van der Waals surface area contributed by atoms with Crippen LogP contribution in [0.1, 0.15) is 11.1 Å². The van der Waals surface area contributed by atoms with Crippen molar-refractivity contribution in [2.75, 3.05) is 19.2 Å². The van der Waals surface area contributed by atoms with Gasteiger partial charge in [-0.1, -0.05) is 12.1 Å². The zero-order chi connectivity index (χ0) is 20.9. The number of carbonyl (C=O) groups excluding carboxylic acids is 1. The number of methoxy groups -OCH3 is 1. The second kappa shape index (κ2) is 8.57. The van der Waals surface area contributed by atoms with E-state index in [-0.39, 0.29) is 12.7 Å². The first-order chi connectivity index (χ1) is 14.6. The topological polar surface area (TPSA) is 78.9 Å². The lowest BCUT2D eigenvalue weighted by molar-refractivity contribution is -0.111. The van der Waals surface area contributed by atoms with Crippen LogP contribution in [-0.2, 0) is 4.79 Å². The summed E-state index contributed by atoms with van der Waals surface area (Å²) in [5.74, 6) is 2.69. The van der Waals surface area contributed by atoms with Gasteiger partial charge in [0.05, 0.1) is 19.0 Å². The second-order valence-corrected chi connectivity index (χ2v) is 6.58.